The minimum atomic E-state index is -3.21. The van der Waals surface area contributed by atoms with Crippen molar-refractivity contribution in [3.05, 3.63) is 120 Å². The molecule has 0 bridgehead atoms. The Morgan fingerprint density at radius 2 is 1.39 bits per heavy atom. The summed E-state index contributed by atoms with van der Waals surface area (Å²) in [5.74, 6) is -0.164. The van der Waals surface area contributed by atoms with Crippen LogP contribution in [0.5, 0.6) is 0 Å². The third-order valence-electron chi connectivity index (χ3n) is 6.19. The fraction of sp³-hybridized carbons (Fsp3) is 0.156. The smallest absolute Gasteiger partial charge is 0.330 e. The van der Waals surface area contributed by atoms with Crippen LogP contribution >= 0.6 is 7.14 Å². The van der Waals surface area contributed by atoms with Gasteiger partial charge in [0.1, 0.15) is 0 Å². The molecule has 0 saturated carbocycles. The average molecular weight is 495 g/mol. The van der Waals surface area contributed by atoms with Crippen molar-refractivity contribution in [1.29, 1.82) is 0 Å². The molecule has 0 fully saturated rings. The number of ether oxygens (including phenoxy) is 1. The van der Waals surface area contributed by atoms with Crippen LogP contribution in [0.25, 0.3) is 17.2 Å². The zero-order valence-electron chi connectivity index (χ0n) is 20.9. The third-order valence-corrected chi connectivity index (χ3v) is 9.31. The summed E-state index contributed by atoms with van der Waals surface area (Å²) in [6, 6.07) is 33.4. The van der Waals surface area contributed by atoms with Crippen LogP contribution in [0.15, 0.2) is 109 Å². The zero-order chi connectivity index (χ0) is 25.5. The van der Waals surface area contributed by atoms with Crippen molar-refractivity contribution < 1.29 is 14.1 Å². The highest BCUT2D eigenvalue weighted by molar-refractivity contribution is 7.85. The second-order valence-corrected chi connectivity index (χ2v) is 11.6. The maximum atomic E-state index is 15.3. The molecule has 0 saturated heterocycles. The van der Waals surface area contributed by atoms with Gasteiger partial charge >= 0.3 is 5.97 Å². The number of hydrogen-bond acceptors (Lipinski definition) is 3. The Bertz CT molecular complexity index is 1360. The van der Waals surface area contributed by atoms with Crippen molar-refractivity contribution in [2.75, 3.05) is 6.61 Å². The Balaban J connectivity index is 2.03. The lowest BCUT2D eigenvalue weighted by Crippen LogP contribution is -2.26. The van der Waals surface area contributed by atoms with Crippen LogP contribution < -0.4 is 15.9 Å². The second-order valence-electron chi connectivity index (χ2n) is 8.85. The summed E-state index contributed by atoms with van der Waals surface area (Å²) in [5.41, 5.74) is 3.90. The Labute approximate surface area is 213 Å². The molecule has 0 aliphatic heterocycles. The van der Waals surface area contributed by atoms with Gasteiger partial charge in [-0.15, -0.1) is 0 Å². The van der Waals surface area contributed by atoms with Crippen LogP contribution in [0.1, 0.15) is 37.8 Å². The van der Waals surface area contributed by atoms with Gasteiger partial charge in [0.25, 0.3) is 0 Å². The van der Waals surface area contributed by atoms with Gasteiger partial charge in [-0.25, -0.2) is 4.79 Å². The van der Waals surface area contributed by atoms with Crippen molar-refractivity contribution in [2.45, 2.75) is 26.7 Å². The van der Waals surface area contributed by atoms with Gasteiger partial charge in [0.2, 0.25) is 0 Å². The first-order valence-electron chi connectivity index (χ1n) is 12.3. The summed E-state index contributed by atoms with van der Waals surface area (Å²) >= 11 is 0. The molecule has 0 aromatic heterocycles. The van der Waals surface area contributed by atoms with Gasteiger partial charge in [0.05, 0.1) is 6.61 Å². The molecule has 0 aliphatic carbocycles. The highest BCUT2D eigenvalue weighted by Crippen LogP contribution is 2.46. The largest absolute Gasteiger partial charge is 0.463 e. The maximum Gasteiger partial charge on any atom is 0.330 e. The third kappa shape index (κ3) is 5.12. The maximum absolute atomic E-state index is 15.3. The highest BCUT2D eigenvalue weighted by atomic mass is 31.2. The van der Waals surface area contributed by atoms with Crippen LogP contribution in [0.4, 0.5) is 0 Å². The predicted octanol–water partition coefficient (Wildman–Crippen LogP) is 6.69. The molecule has 182 valence electrons. The summed E-state index contributed by atoms with van der Waals surface area (Å²) < 4.78 is 20.4. The predicted molar refractivity (Wildman–Crippen MR) is 151 cm³/mol. The van der Waals surface area contributed by atoms with E-state index in [-0.39, 0.29) is 11.9 Å². The summed E-state index contributed by atoms with van der Waals surface area (Å²) in [4.78, 5) is 12.1. The van der Waals surface area contributed by atoms with Gasteiger partial charge in [0, 0.05) is 22.0 Å². The number of carbonyl (C=O) groups excluding carboxylic acids is 1. The first-order chi connectivity index (χ1) is 17.5. The fourth-order valence-electron chi connectivity index (χ4n) is 4.53. The van der Waals surface area contributed by atoms with E-state index in [0.29, 0.717) is 6.61 Å². The SMILES string of the molecule is CCOC(=O)/C=C/c1cccc(C(C)C)c1-c1ccccc1P(=O)(c1ccccc1)c1ccccc1. The molecule has 0 atom stereocenters. The molecule has 0 aliphatic rings. The Morgan fingerprint density at radius 1 is 0.806 bits per heavy atom. The van der Waals surface area contributed by atoms with Crippen molar-refractivity contribution >= 4 is 35.1 Å². The minimum Gasteiger partial charge on any atom is -0.463 e. The van der Waals surface area contributed by atoms with Gasteiger partial charge in [-0.3, -0.25) is 0 Å². The molecule has 4 rings (SSSR count). The monoisotopic (exact) mass is 494 g/mol. The van der Waals surface area contributed by atoms with Crippen LogP contribution in [0.3, 0.4) is 0 Å². The van der Waals surface area contributed by atoms with Gasteiger partial charge in [0.15, 0.2) is 7.14 Å². The summed E-state index contributed by atoms with van der Waals surface area (Å²) in [6.45, 7) is 6.41. The summed E-state index contributed by atoms with van der Waals surface area (Å²) in [6.07, 6.45) is 3.26. The topological polar surface area (TPSA) is 43.4 Å². The molecule has 4 aromatic carbocycles. The van der Waals surface area contributed by atoms with E-state index in [2.05, 4.69) is 19.9 Å². The van der Waals surface area contributed by atoms with Crippen molar-refractivity contribution in [2.24, 2.45) is 0 Å². The first-order valence-corrected chi connectivity index (χ1v) is 14.0. The van der Waals surface area contributed by atoms with Crippen molar-refractivity contribution in [1.82, 2.24) is 0 Å². The van der Waals surface area contributed by atoms with Crippen LogP contribution in [0, 0.1) is 0 Å². The van der Waals surface area contributed by atoms with Crippen molar-refractivity contribution in [3.63, 3.8) is 0 Å². The van der Waals surface area contributed by atoms with Gasteiger partial charge in [-0.05, 0) is 41.2 Å². The Morgan fingerprint density at radius 3 is 1.97 bits per heavy atom. The number of carbonyl (C=O) groups is 1. The first kappa shape index (κ1) is 25.4. The summed E-state index contributed by atoms with van der Waals surface area (Å²) in [7, 11) is -3.21. The molecule has 0 heterocycles. The molecule has 0 radical (unpaired) electrons. The molecule has 0 unspecified atom stereocenters. The van der Waals surface area contributed by atoms with Crippen LogP contribution in [0.2, 0.25) is 0 Å². The molecule has 36 heavy (non-hydrogen) atoms. The number of esters is 1. The molecule has 4 aromatic rings. The van der Waals surface area contributed by atoms with Crippen LogP contribution in [-0.4, -0.2) is 12.6 Å². The van der Waals surface area contributed by atoms with E-state index in [1.165, 1.54) is 6.08 Å². The number of benzene rings is 4. The molecule has 3 nitrogen and oxygen atoms in total. The quantitative estimate of drug-likeness (QED) is 0.156. The standard InChI is InChI=1S/C32H31O3P/c1-4-35-31(33)23-22-25-14-13-20-28(24(2)3)32(25)29-19-11-12-21-30(29)36(34,26-15-7-5-8-16-26)27-17-9-6-10-18-27/h5-24H,4H2,1-3H3/b23-22+. The van der Waals surface area contributed by atoms with Gasteiger partial charge in [-0.1, -0.05) is 117 Å². The normalized spacial score (nSPS) is 11.7. The number of rotatable bonds is 8. The van der Waals surface area contributed by atoms with E-state index in [1.807, 2.05) is 97.1 Å². The van der Waals surface area contributed by atoms with Crippen molar-refractivity contribution in [3.8, 4) is 11.1 Å². The molecular formula is C32H31O3P. The summed E-state index contributed by atoms with van der Waals surface area (Å²) in [5, 5.41) is 2.35. The molecule has 0 amide bonds. The Hall–Kier alpha value is -3.68. The van der Waals surface area contributed by atoms with E-state index >= 15 is 4.57 Å². The van der Waals surface area contributed by atoms with E-state index in [0.717, 1.165) is 38.2 Å². The molecule has 0 spiro atoms. The number of hydrogen-bond donors (Lipinski definition) is 0. The molecule has 0 N–H and O–H groups in total. The molecular weight excluding hydrogens is 463 g/mol. The minimum absolute atomic E-state index is 0.219. The van der Waals surface area contributed by atoms with Gasteiger partial charge in [-0.2, -0.15) is 0 Å². The van der Waals surface area contributed by atoms with E-state index in [4.69, 9.17) is 4.74 Å². The van der Waals surface area contributed by atoms with Crippen LogP contribution in [-0.2, 0) is 14.1 Å². The highest BCUT2D eigenvalue weighted by Gasteiger charge is 2.32. The average Bonchev–Trinajstić information content (AvgIpc) is 2.92. The van der Waals surface area contributed by atoms with E-state index < -0.39 is 7.14 Å². The fourth-order valence-corrected chi connectivity index (χ4v) is 7.39. The van der Waals surface area contributed by atoms with E-state index in [1.54, 1.807) is 13.0 Å². The van der Waals surface area contributed by atoms with E-state index in [9.17, 15) is 4.79 Å². The second kappa shape index (κ2) is 11.4. The Kier molecular flexibility index (Phi) is 8.03. The lowest BCUT2D eigenvalue weighted by atomic mass is 9.88. The lowest BCUT2D eigenvalue weighted by Gasteiger charge is -2.25. The lowest BCUT2D eigenvalue weighted by molar-refractivity contribution is -0.137. The van der Waals surface area contributed by atoms with Gasteiger partial charge < -0.3 is 9.30 Å². The zero-order valence-corrected chi connectivity index (χ0v) is 21.8. The molecule has 4 heteroatoms.